The Hall–Kier alpha value is -1.62. The van der Waals surface area contributed by atoms with Crippen LogP contribution >= 0.6 is 11.3 Å². The molecule has 2 aromatic heterocycles. The van der Waals surface area contributed by atoms with Gasteiger partial charge in [0.1, 0.15) is 17.5 Å². The Labute approximate surface area is 131 Å². The molecule has 2 aromatic rings. The minimum Gasteiger partial charge on any atom is -0.370 e. The normalized spacial score (nSPS) is 10.9. The summed E-state index contributed by atoms with van der Waals surface area (Å²) < 4.78 is 0. The first-order valence-corrected chi connectivity index (χ1v) is 8.38. The number of thiophene rings is 1. The van der Waals surface area contributed by atoms with Crippen molar-refractivity contribution in [3.05, 3.63) is 33.8 Å². The molecule has 21 heavy (non-hydrogen) atoms. The van der Waals surface area contributed by atoms with Crippen molar-refractivity contribution >= 4 is 23.0 Å². The van der Waals surface area contributed by atoms with E-state index >= 15 is 0 Å². The molecule has 2 heterocycles. The van der Waals surface area contributed by atoms with Crippen LogP contribution in [-0.2, 0) is 6.42 Å². The van der Waals surface area contributed by atoms with Gasteiger partial charge < -0.3 is 10.6 Å². The first-order valence-electron chi connectivity index (χ1n) is 7.50. The second-order valence-corrected chi connectivity index (χ2v) is 6.38. The first-order chi connectivity index (χ1) is 10.1. The summed E-state index contributed by atoms with van der Waals surface area (Å²) >= 11 is 1.80. The minimum atomic E-state index is 0.320. The van der Waals surface area contributed by atoms with Crippen LogP contribution in [0, 0.1) is 6.92 Å². The van der Waals surface area contributed by atoms with E-state index < -0.39 is 0 Å². The molecular weight excluding hydrogens is 280 g/mol. The topological polar surface area (TPSA) is 49.8 Å². The fraction of sp³-hybridized carbons (Fsp3) is 0.500. The van der Waals surface area contributed by atoms with Crippen LogP contribution in [0.1, 0.15) is 43.0 Å². The summed E-state index contributed by atoms with van der Waals surface area (Å²) in [6.07, 6.45) is 1.02. The molecule has 0 amide bonds. The summed E-state index contributed by atoms with van der Waals surface area (Å²) in [5.74, 6) is 3.09. The van der Waals surface area contributed by atoms with Gasteiger partial charge in [0.05, 0.1) is 0 Å². The Morgan fingerprint density at radius 2 is 1.90 bits per heavy atom. The summed E-state index contributed by atoms with van der Waals surface area (Å²) in [4.78, 5) is 10.7. The molecule has 0 aliphatic heterocycles. The average Bonchev–Trinajstić information content (AvgIpc) is 2.96. The fourth-order valence-corrected chi connectivity index (χ4v) is 2.77. The Morgan fingerprint density at radius 1 is 1.19 bits per heavy atom. The van der Waals surface area contributed by atoms with Crippen LogP contribution < -0.4 is 10.6 Å². The van der Waals surface area contributed by atoms with Gasteiger partial charge in [-0.3, -0.25) is 0 Å². The Bertz CT molecular complexity index is 564. The lowest BCUT2D eigenvalue weighted by Gasteiger charge is -2.15. The smallest absolute Gasteiger partial charge is 0.135 e. The summed E-state index contributed by atoms with van der Waals surface area (Å²) in [5.41, 5.74) is 1.09. The number of nitrogens with one attached hydrogen (secondary N) is 2. The molecule has 0 aliphatic carbocycles. The van der Waals surface area contributed by atoms with Gasteiger partial charge in [-0.2, -0.15) is 0 Å². The fourth-order valence-electron chi connectivity index (χ4n) is 2.06. The zero-order chi connectivity index (χ0) is 15.2. The highest BCUT2D eigenvalue weighted by molar-refractivity contribution is 7.09. The van der Waals surface area contributed by atoms with E-state index in [2.05, 4.69) is 65.8 Å². The zero-order valence-electron chi connectivity index (χ0n) is 13.2. The third-order valence-electron chi connectivity index (χ3n) is 3.27. The summed E-state index contributed by atoms with van der Waals surface area (Å²) in [6, 6.07) is 4.26. The maximum Gasteiger partial charge on any atom is 0.135 e. The Kier molecular flexibility index (Phi) is 5.56. The van der Waals surface area contributed by atoms with Gasteiger partial charge >= 0.3 is 0 Å². The molecule has 4 nitrogen and oxygen atoms in total. The van der Waals surface area contributed by atoms with Crippen molar-refractivity contribution in [1.29, 1.82) is 0 Å². The van der Waals surface area contributed by atoms with E-state index in [9.17, 15) is 0 Å². The van der Waals surface area contributed by atoms with Crippen molar-refractivity contribution in [2.24, 2.45) is 0 Å². The van der Waals surface area contributed by atoms with E-state index in [4.69, 9.17) is 0 Å². The van der Waals surface area contributed by atoms with Crippen LogP contribution in [0.4, 0.5) is 11.6 Å². The summed E-state index contributed by atoms with van der Waals surface area (Å²) in [6.45, 7) is 10.1. The Balaban J connectivity index is 2.12. The predicted molar refractivity (Wildman–Crippen MR) is 91.5 cm³/mol. The predicted octanol–water partition coefficient (Wildman–Crippen LogP) is 4.06. The lowest BCUT2D eigenvalue weighted by atomic mass is 10.2. The molecule has 0 spiro atoms. The zero-order valence-corrected chi connectivity index (χ0v) is 14.0. The SMILES string of the molecule is CCNc1nc(C(C)C)nc(NCCc2cccs2)c1C. The molecule has 0 aliphatic rings. The maximum atomic E-state index is 4.67. The van der Waals surface area contributed by atoms with Gasteiger partial charge in [-0.25, -0.2) is 9.97 Å². The Morgan fingerprint density at radius 3 is 2.48 bits per heavy atom. The lowest BCUT2D eigenvalue weighted by molar-refractivity contribution is 0.772. The van der Waals surface area contributed by atoms with Crippen LogP contribution in [-0.4, -0.2) is 23.1 Å². The first kappa shape index (κ1) is 15.8. The average molecular weight is 304 g/mol. The maximum absolute atomic E-state index is 4.67. The monoisotopic (exact) mass is 304 g/mol. The van der Waals surface area contributed by atoms with E-state index in [1.54, 1.807) is 11.3 Å². The molecule has 0 aromatic carbocycles. The van der Waals surface area contributed by atoms with E-state index in [0.717, 1.165) is 42.5 Å². The highest BCUT2D eigenvalue weighted by atomic mass is 32.1. The molecule has 0 bridgehead atoms. The second kappa shape index (κ2) is 7.41. The quantitative estimate of drug-likeness (QED) is 0.810. The van der Waals surface area contributed by atoms with E-state index in [1.807, 2.05) is 0 Å². The second-order valence-electron chi connectivity index (χ2n) is 5.35. The van der Waals surface area contributed by atoms with Gasteiger partial charge in [-0.1, -0.05) is 19.9 Å². The van der Waals surface area contributed by atoms with Crippen molar-refractivity contribution < 1.29 is 0 Å². The molecule has 2 rings (SSSR count). The molecule has 0 atom stereocenters. The van der Waals surface area contributed by atoms with Crippen LogP contribution in [0.2, 0.25) is 0 Å². The van der Waals surface area contributed by atoms with Crippen LogP contribution in [0.3, 0.4) is 0 Å². The van der Waals surface area contributed by atoms with Crippen molar-refractivity contribution in [1.82, 2.24) is 9.97 Å². The number of aromatic nitrogens is 2. The van der Waals surface area contributed by atoms with Gasteiger partial charge in [-0.05, 0) is 31.7 Å². The molecule has 114 valence electrons. The van der Waals surface area contributed by atoms with Crippen molar-refractivity contribution in [2.75, 3.05) is 23.7 Å². The van der Waals surface area contributed by atoms with Crippen LogP contribution in [0.25, 0.3) is 0 Å². The largest absolute Gasteiger partial charge is 0.370 e. The summed E-state index contributed by atoms with van der Waals surface area (Å²) in [5, 5.41) is 8.90. The lowest BCUT2D eigenvalue weighted by Crippen LogP contribution is -2.13. The van der Waals surface area contributed by atoms with Gasteiger partial charge in [-0.15, -0.1) is 11.3 Å². The van der Waals surface area contributed by atoms with E-state index in [-0.39, 0.29) is 0 Å². The molecule has 0 saturated carbocycles. The number of hydrogen-bond donors (Lipinski definition) is 2. The van der Waals surface area contributed by atoms with Gasteiger partial charge in [0.25, 0.3) is 0 Å². The van der Waals surface area contributed by atoms with Crippen LogP contribution in [0.5, 0.6) is 0 Å². The minimum absolute atomic E-state index is 0.320. The van der Waals surface area contributed by atoms with Crippen molar-refractivity contribution in [3.8, 4) is 0 Å². The molecule has 0 saturated heterocycles. The molecule has 0 unspecified atom stereocenters. The highest BCUT2D eigenvalue weighted by Gasteiger charge is 2.12. The van der Waals surface area contributed by atoms with Crippen LogP contribution in [0.15, 0.2) is 17.5 Å². The molecule has 0 fully saturated rings. The van der Waals surface area contributed by atoms with E-state index in [1.165, 1.54) is 4.88 Å². The number of hydrogen-bond acceptors (Lipinski definition) is 5. The molecule has 5 heteroatoms. The highest BCUT2D eigenvalue weighted by Crippen LogP contribution is 2.23. The van der Waals surface area contributed by atoms with Gasteiger partial charge in [0, 0.05) is 29.4 Å². The molecular formula is C16H24N4S. The standard InChI is InChI=1S/C16H24N4S/c1-5-17-15-12(4)16(20-14(19-15)11(2)3)18-9-8-13-7-6-10-21-13/h6-7,10-11H,5,8-9H2,1-4H3,(H2,17,18,19,20). The third kappa shape index (κ3) is 4.17. The van der Waals surface area contributed by atoms with E-state index in [0.29, 0.717) is 5.92 Å². The van der Waals surface area contributed by atoms with Gasteiger partial charge in [0.15, 0.2) is 0 Å². The number of nitrogens with zero attached hydrogens (tertiary/aromatic N) is 2. The summed E-state index contributed by atoms with van der Waals surface area (Å²) in [7, 11) is 0. The third-order valence-corrected chi connectivity index (χ3v) is 4.20. The number of rotatable bonds is 7. The van der Waals surface area contributed by atoms with Crippen molar-refractivity contribution in [3.63, 3.8) is 0 Å². The number of anilines is 2. The molecule has 2 N–H and O–H groups in total. The molecule has 0 radical (unpaired) electrons. The van der Waals surface area contributed by atoms with Gasteiger partial charge in [0.2, 0.25) is 0 Å². The van der Waals surface area contributed by atoms with Crippen molar-refractivity contribution in [2.45, 2.75) is 40.0 Å².